The van der Waals surface area contributed by atoms with E-state index in [1.807, 2.05) is 18.2 Å². The molecular formula is C28H46O3. The summed E-state index contributed by atoms with van der Waals surface area (Å²) in [5.74, 6) is -0.890. The van der Waals surface area contributed by atoms with Crippen molar-refractivity contribution in [1.82, 2.24) is 0 Å². The largest absolute Gasteiger partial charge is 0.481 e. The van der Waals surface area contributed by atoms with Crippen LogP contribution < -0.4 is 0 Å². The molecule has 0 radical (unpaired) electrons. The molecular weight excluding hydrogens is 384 g/mol. The third-order valence-electron chi connectivity index (χ3n) is 6.58. The summed E-state index contributed by atoms with van der Waals surface area (Å²) in [6.07, 6.45) is 17.3. The van der Waals surface area contributed by atoms with Gasteiger partial charge < -0.3 is 10.2 Å². The minimum atomic E-state index is -0.869. The van der Waals surface area contributed by atoms with E-state index in [0.717, 1.165) is 44.9 Å². The lowest BCUT2D eigenvalue weighted by molar-refractivity contribution is -0.148. The quantitative estimate of drug-likeness (QED) is 0.188. The molecule has 0 bridgehead atoms. The van der Waals surface area contributed by atoms with Gasteiger partial charge in [-0.15, -0.1) is 0 Å². The number of hydrogen-bond acceptors (Lipinski definition) is 2. The summed E-state index contributed by atoms with van der Waals surface area (Å²) in [5, 5.41) is 19.9. The molecule has 0 spiro atoms. The molecule has 0 saturated heterocycles. The van der Waals surface area contributed by atoms with Crippen LogP contribution in [0.4, 0.5) is 0 Å². The molecule has 0 aliphatic rings. The number of benzene rings is 1. The zero-order chi connectivity index (χ0) is 22.9. The first-order valence-corrected chi connectivity index (χ1v) is 12.6. The molecule has 31 heavy (non-hydrogen) atoms. The second kappa shape index (κ2) is 17.0. The van der Waals surface area contributed by atoms with Gasteiger partial charge in [0.15, 0.2) is 0 Å². The lowest BCUT2D eigenvalue weighted by Crippen LogP contribution is -2.33. The second-order valence-corrected chi connectivity index (χ2v) is 9.15. The number of aliphatic carboxylic acids is 1. The number of rotatable bonds is 18. The highest BCUT2D eigenvalue weighted by Gasteiger charge is 2.31. The summed E-state index contributed by atoms with van der Waals surface area (Å²) in [6.45, 7) is 6.12. The fourth-order valence-electron chi connectivity index (χ4n) is 4.55. The molecule has 0 fully saturated rings. The van der Waals surface area contributed by atoms with Crippen molar-refractivity contribution in [2.45, 2.75) is 104 Å². The fourth-order valence-corrected chi connectivity index (χ4v) is 4.55. The van der Waals surface area contributed by atoms with Crippen LogP contribution in [0, 0.1) is 17.8 Å². The molecule has 4 atom stereocenters. The van der Waals surface area contributed by atoms with Gasteiger partial charge in [-0.05, 0) is 62.8 Å². The van der Waals surface area contributed by atoms with Crippen LogP contribution >= 0.6 is 0 Å². The van der Waals surface area contributed by atoms with E-state index in [9.17, 15) is 15.0 Å². The van der Waals surface area contributed by atoms with E-state index in [-0.39, 0.29) is 5.92 Å². The molecule has 176 valence electrons. The predicted octanol–water partition coefficient (Wildman–Crippen LogP) is 7.43. The number of hydrogen-bond donors (Lipinski definition) is 2. The van der Waals surface area contributed by atoms with E-state index in [0.29, 0.717) is 5.92 Å². The third kappa shape index (κ3) is 12.1. The van der Waals surface area contributed by atoms with Crippen molar-refractivity contribution in [1.29, 1.82) is 0 Å². The Kier molecular flexibility index (Phi) is 15.0. The minimum Gasteiger partial charge on any atom is -0.481 e. The van der Waals surface area contributed by atoms with Gasteiger partial charge in [0, 0.05) is 0 Å². The van der Waals surface area contributed by atoms with Crippen LogP contribution in [0.5, 0.6) is 0 Å². The summed E-state index contributed by atoms with van der Waals surface area (Å²) in [7, 11) is 0. The molecule has 0 amide bonds. The Morgan fingerprint density at radius 1 is 0.968 bits per heavy atom. The molecule has 0 aliphatic carbocycles. The number of allylic oxidation sites excluding steroid dienone is 2. The Balaban J connectivity index is 2.53. The van der Waals surface area contributed by atoms with Gasteiger partial charge in [-0.25, -0.2) is 0 Å². The Labute approximate surface area is 191 Å². The standard InChI is InChI=1S/C28H46O3/c1-4-6-7-8-9-10-12-16-24(5-2)19-15-20-26(27(23(3)29)28(30)31)22-21-25-17-13-11-14-18-25/h10-14,17-18,23-24,26-27,29H,4-9,15-16,19-22H2,1-3H3,(H,30,31). The van der Waals surface area contributed by atoms with Gasteiger partial charge in [0.2, 0.25) is 0 Å². The normalized spacial score (nSPS) is 15.6. The van der Waals surface area contributed by atoms with E-state index in [2.05, 4.69) is 38.1 Å². The maximum Gasteiger partial charge on any atom is 0.309 e. The van der Waals surface area contributed by atoms with Crippen molar-refractivity contribution in [3.05, 3.63) is 48.0 Å². The smallest absolute Gasteiger partial charge is 0.309 e. The highest BCUT2D eigenvalue weighted by atomic mass is 16.4. The van der Waals surface area contributed by atoms with Crippen LogP contribution in [0.3, 0.4) is 0 Å². The molecule has 3 nitrogen and oxygen atoms in total. The van der Waals surface area contributed by atoms with Crippen LogP contribution in [-0.2, 0) is 11.2 Å². The van der Waals surface area contributed by atoms with Gasteiger partial charge in [0.05, 0.1) is 12.0 Å². The number of aliphatic hydroxyl groups is 1. The molecule has 0 heterocycles. The van der Waals surface area contributed by atoms with Crippen LogP contribution in [-0.4, -0.2) is 22.3 Å². The van der Waals surface area contributed by atoms with Gasteiger partial charge in [0.25, 0.3) is 0 Å². The Hall–Kier alpha value is -1.61. The molecule has 1 aromatic carbocycles. The number of unbranched alkanes of at least 4 members (excludes halogenated alkanes) is 4. The summed E-state index contributed by atoms with van der Waals surface area (Å²) in [6, 6.07) is 10.2. The zero-order valence-corrected chi connectivity index (χ0v) is 20.1. The van der Waals surface area contributed by atoms with Gasteiger partial charge in [0.1, 0.15) is 0 Å². The first kappa shape index (κ1) is 27.4. The molecule has 3 heteroatoms. The Morgan fingerprint density at radius 3 is 2.32 bits per heavy atom. The highest BCUT2D eigenvalue weighted by molar-refractivity contribution is 5.71. The van der Waals surface area contributed by atoms with E-state index in [1.165, 1.54) is 37.7 Å². The lowest BCUT2D eigenvalue weighted by Gasteiger charge is -2.27. The molecule has 4 unspecified atom stereocenters. The van der Waals surface area contributed by atoms with Gasteiger partial charge in [-0.2, -0.15) is 0 Å². The Bertz CT molecular complexity index is 594. The van der Waals surface area contributed by atoms with Crippen molar-refractivity contribution in [3.8, 4) is 0 Å². The van der Waals surface area contributed by atoms with Crippen LogP contribution in [0.25, 0.3) is 0 Å². The summed E-state index contributed by atoms with van der Waals surface area (Å²) in [4.78, 5) is 11.8. The predicted molar refractivity (Wildman–Crippen MR) is 131 cm³/mol. The topological polar surface area (TPSA) is 57.5 Å². The van der Waals surface area contributed by atoms with Crippen molar-refractivity contribution in [2.24, 2.45) is 17.8 Å². The monoisotopic (exact) mass is 430 g/mol. The third-order valence-corrected chi connectivity index (χ3v) is 6.58. The summed E-state index contributed by atoms with van der Waals surface area (Å²) in [5.41, 5.74) is 1.23. The molecule has 0 aromatic heterocycles. The average Bonchev–Trinajstić information content (AvgIpc) is 2.75. The van der Waals surface area contributed by atoms with Crippen molar-refractivity contribution in [2.75, 3.05) is 0 Å². The van der Waals surface area contributed by atoms with Gasteiger partial charge in [-0.1, -0.05) is 94.9 Å². The van der Waals surface area contributed by atoms with Crippen LogP contribution in [0.1, 0.15) is 97.0 Å². The second-order valence-electron chi connectivity index (χ2n) is 9.15. The van der Waals surface area contributed by atoms with Crippen molar-refractivity contribution < 1.29 is 15.0 Å². The molecule has 1 rings (SSSR count). The van der Waals surface area contributed by atoms with Gasteiger partial charge in [-0.3, -0.25) is 4.79 Å². The number of carboxylic acid groups (broad SMARTS) is 1. The van der Waals surface area contributed by atoms with E-state index in [1.54, 1.807) is 6.92 Å². The van der Waals surface area contributed by atoms with E-state index in [4.69, 9.17) is 0 Å². The molecule has 0 aliphatic heterocycles. The highest BCUT2D eigenvalue weighted by Crippen LogP contribution is 2.29. The SMILES string of the molecule is CCCCCCC=CCC(CC)CCCC(CCc1ccccc1)C(C(=O)O)C(C)O. The molecule has 0 saturated carbocycles. The maximum absolute atomic E-state index is 11.8. The van der Waals surface area contributed by atoms with Gasteiger partial charge >= 0.3 is 5.97 Å². The molecule has 2 N–H and O–H groups in total. The average molecular weight is 431 g/mol. The maximum atomic E-state index is 11.8. The van der Waals surface area contributed by atoms with E-state index >= 15 is 0 Å². The first-order valence-electron chi connectivity index (χ1n) is 12.6. The number of carbonyl (C=O) groups is 1. The summed E-state index contributed by atoms with van der Waals surface area (Å²) < 4.78 is 0. The zero-order valence-electron chi connectivity index (χ0n) is 20.1. The van der Waals surface area contributed by atoms with E-state index < -0.39 is 18.0 Å². The fraction of sp³-hybridized carbons (Fsp3) is 0.679. The number of aryl methyl sites for hydroxylation is 1. The van der Waals surface area contributed by atoms with Crippen LogP contribution in [0.2, 0.25) is 0 Å². The number of aliphatic hydroxyl groups excluding tert-OH is 1. The van der Waals surface area contributed by atoms with Crippen molar-refractivity contribution >= 4 is 5.97 Å². The summed E-state index contributed by atoms with van der Waals surface area (Å²) >= 11 is 0. The minimum absolute atomic E-state index is 0.00400. The lowest BCUT2D eigenvalue weighted by atomic mass is 9.80. The molecule has 1 aromatic rings. The number of carboxylic acids is 1. The Morgan fingerprint density at radius 2 is 1.71 bits per heavy atom. The first-order chi connectivity index (χ1) is 15.0. The van der Waals surface area contributed by atoms with Crippen molar-refractivity contribution in [3.63, 3.8) is 0 Å². The van der Waals surface area contributed by atoms with Crippen LogP contribution in [0.15, 0.2) is 42.5 Å².